The lowest BCUT2D eigenvalue weighted by atomic mass is 10.1. The summed E-state index contributed by atoms with van der Waals surface area (Å²) in [4.78, 5) is 7.98. The number of nitrogen functional groups attached to an aromatic ring is 2. The first-order valence-electron chi connectivity index (χ1n) is 5.90. The van der Waals surface area contributed by atoms with Crippen molar-refractivity contribution in [2.45, 2.75) is 44.6 Å². The number of aromatic nitrogens is 2. The average molecular weight is 221 g/mol. The topological polar surface area (TPSA) is 89.8 Å². The normalized spacial score (nSPS) is 18.0. The third-order valence-electron chi connectivity index (χ3n) is 2.97. The van der Waals surface area contributed by atoms with Crippen LogP contribution in [0.3, 0.4) is 0 Å². The highest BCUT2D eigenvalue weighted by Gasteiger charge is 2.12. The molecule has 0 aliphatic heterocycles. The Kier molecular flexibility index (Phi) is 3.44. The van der Waals surface area contributed by atoms with E-state index in [1.807, 2.05) is 0 Å². The van der Waals surface area contributed by atoms with Crippen molar-refractivity contribution in [2.24, 2.45) is 0 Å². The third kappa shape index (κ3) is 2.98. The largest absolute Gasteiger partial charge is 0.383 e. The van der Waals surface area contributed by atoms with Crippen LogP contribution in [0.5, 0.6) is 0 Å². The summed E-state index contributed by atoms with van der Waals surface area (Å²) in [5.74, 6) is 1.40. The van der Waals surface area contributed by atoms with E-state index in [4.69, 9.17) is 11.5 Å². The Labute approximate surface area is 95.6 Å². The lowest BCUT2D eigenvalue weighted by Crippen LogP contribution is -2.19. The first-order chi connectivity index (χ1) is 7.74. The number of nitrogens with one attached hydrogen (secondary N) is 1. The molecule has 0 unspecified atom stereocenters. The van der Waals surface area contributed by atoms with E-state index < -0.39 is 0 Å². The molecule has 1 aliphatic carbocycles. The van der Waals surface area contributed by atoms with Crippen molar-refractivity contribution >= 4 is 17.6 Å². The number of rotatable bonds is 2. The molecule has 1 aliphatic rings. The van der Waals surface area contributed by atoms with Gasteiger partial charge < -0.3 is 16.8 Å². The zero-order valence-corrected chi connectivity index (χ0v) is 9.45. The summed E-state index contributed by atoms with van der Waals surface area (Å²) in [7, 11) is 0. The van der Waals surface area contributed by atoms with Crippen molar-refractivity contribution in [1.29, 1.82) is 0 Å². The Morgan fingerprint density at radius 1 is 1.06 bits per heavy atom. The van der Waals surface area contributed by atoms with Gasteiger partial charge >= 0.3 is 0 Å². The highest BCUT2D eigenvalue weighted by molar-refractivity contribution is 5.48. The standard InChI is InChI=1S/C11H19N5/c12-9-7-10(16-11(13)15-9)14-8-5-3-1-2-4-6-8/h7-8H,1-6H2,(H5,12,13,14,15,16). The molecule has 2 rings (SSSR count). The molecule has 16 heavy (non-hydrogen) atoms. The molecule has 0 atom stereocenters. The van der Waals surface area contributed by atoms with Crippen LogP contribution < -0.4 is 16.8 Å². The van der Waals surface area contributed by atoms with Gasteiger partial charge in [-0.3, -0.25) is 0 Å². The first kappa shape index (κ1) is 11.0. The van der Waals surface area contributed by atoms with Crippen LogP contribution >= 0.6 is 0 Å². The molecule has 0 bridgehead atoms. The van der Waals surface area contributed by atoms with E-state index in [9.17, 15) is 0 Å². The van der Waals surface area contributed by atoms with Crippen LogP contribution in [-0.4, -0.2) is 16.0 Å². The van der Waals surface area contributed by atoms with E-state index in [0.29, 0.717) is 11.9 Å². The quantitative estimate of drug-likeness (QED) is 0.662. The maximum absolute atomic E-state index is 5.62. The van der Waals surface area contributed by atoms with Gasteiger partial charge in [0.25, 0.3) is 0 Å². The molecule has 5 heteroatoms. The second-order valence-corrected chi connectivity index (χ2v) is 4.37. The minimum atomic E-state index is 0.233. The summed E-state index contributed by atoms with van der Waals surface area (Å²) < 4.78 is 0. The fraction of sp³-hybridized carbons (Fsp3) is 0.636. The lowest BCUT2D eigenvalue weighted by Gasteiger charge is -2.16. The first-order valence-corrected chi connectivity index (χ1v) is 5.90. The summed E-state index contributed by atoms with van der Waals surface area (Å²) >= 11 is 0. The summed E-state index contributed by atoms with van der Waals surface area (Å²) in [6, 6.07) is 2.23. The summed E-state index contributed by atoms with van der Waals surface area (Å²) in [6.45, 7) is 0. The Balaban J connectivity index is 2.01. The van der Waals surface area contributed by atoms with Gasteiger partial charge in [-0.1, -0.05) is 25.7 Å². The van der Waals surface area contributed by atoms with Crippen LogP contribution in [0, 0.1) is 0 Å². The molecular formula is C11H19N5. The molecule has 0 saturated heterocycles. The maximum atomic E-state index is 5.62. The third-order valence-corrected chi connectivity index (χ3v) is 2.97. The molecule has 5 nitrogen and oxygen atoms in total. The van der Waals surface area contributed by atoms with Crippen LogP contribution in [0.2, 0.25) is 0 Å². The van der Waals surface area contributed by atoms with Crippen molar-refractivity contribution in [3.05, 3.63) is 6.07 Å². The molecule has 1 aromatic heterocycles. The number of anilines is 3. The zero-order chi connectivity index (χ0) is 11.4. The smallest absolute Gasteiger partial charge is 0.223 e. The predicted octanol–water partition coefficient (Wildman–Crippen LogP) is 1.78. The Morgan fingerprint density at radius 2 is 1.75 bits per heavy atom. The fourth-order valence-corrected chi connectivity index (χ4v) is 2.19. The maximum Gasteiger partial charge on any atom is 0.223 e. The Hall–Kier alpha value is -1.52. The molecule has 0 radical (unpaired) electrons. The molecular weight excluding hydrogens is 202 g/mol. The van der Waals surface area contributed by atoms with Gasteiger partial charge in [-0.05, 0) is 12.8 Å². The van der Waals surface area contributed by atoms with Crippen LogP contribution in [0.1, 0.15) is 38.5 Å². The highest BCUT2D eigenvalue weighted by Crippen LogP contribution is 2.21. The second-order valence-electron chi connectivity index (χ2n) is 4.37. The summed E-state index contributed by atoms with van der Waals surface area (Å²) in [6.07, 6.45) is 7.65. The number of hydrogen-bond acceptors (Lipinski definition) is 5. The summed E-state index contributed by atoms with van der Waals surface area (Å²) in [5.41, 5.74) is 11.2. The molecule has 0 spiro atoms. The number of hydrogen-bond donors (Lipinski definition) is 3. The van der Waals surface area contributed by atoms with Gasteiger partial charge in [0.2, 0.25) is 5.95 Å². The van der Waals surface area contributed by atoms with E-state index in [1.54, 1.807) is 6.07 Å². The second kappa shape index (κ2) is 5.01. The van der Waals surface area contributed by atoms with Gasteiger partial charge in [0, 0.05) is 12.1 Å². The zero-order valence-electron chi connectivity index (χ0n) is 9.45. The average Bonchev–Trinajstić information content (AvgIpc) is 2.44. The molecule has 88 valence electrons. The molecule has 0 amide bonds. The van der Waals surface area contributed by atoms with E-state index in [0.717, 1.165) is 5.82 Å². The van der Waals surface area contributed by atoms with E-state index in [2.05, 4.69) is 15.3 Å². The number of nitrogens with zero attached hydrogens (tertiary/aromatic N) is 2. The van der Waals surface area contributed by atoms with Crippen LogP contribution in [0.25, 0.3) is 0 Å². The molecule has 5 N–H and O–H groups in total. The van der Waals surface area contributed by atoms with Crippen LogP contribution in [-0.2, 0) is 0 Å². The van der Waals surface area contributed by atoms with Crippen molar-refractivity contribution in [3.8, 4) is 0 Å². The lowest BCUT2D eigenvalue weighted by molar-refractivity contribution is 0.617. The Morgan fingerprint density at radius 3 is 2.38 bits per heavy atom. The van der Waals surface area contributed by atoms with Crippen molar-refractivity contribution in [2.75, 3.05) is 16.8 Å². The molecule has 1 aromatic rings. The highest BCUT2D eigenvalue weighted by atomic mass is 15.1. The Bertz CT molecular complexity index is 324. The van der Waals surface area contributed by atoms with Crippen molar-refractivity contribution < 1.29 is 0 Å². The molecule has 0 aromatic carbocycles. The van der Waals surface area contributed by atoms with Gasteiger partial charge in [-0.15, -0.1) is 0 Å². The van der Waals surface area contributed by atoms with E-state index in [-0.39, 0.29) is 5.95 Å². The van der Waals surface area contributed by atoms with Crippen molar-refractivity contribution in [1.82, 2.24) is 9.97 Å². The van der Waals surface area contributed by atoms with Gasteiger partial charge in [0.1, 0.15) is 11.6 Å². The van der Waals surface area contributed by atoms with E-state index >= 15 is 0 Å². The molecule has 1 saturated carbocycles. The van der Waals surface area contributed by atoms with Crippen molar-refractivity contribution in [3.63, 3.8) is 0 Å². The molecule has 1 fully saturated rings. The number of nitrogens with two attached hydrogens (primary N) is 2. The van der Waals surface area contributed by atoms with Crippen LogP contribution in [0.4, 0.5) is 17.6 Å². The molecule has 1 heterocycles. The van der Waals surface area contributed by atoms with Gasteiger partial charge in [-0.2, -0.15) is 9.97 Å². The van der Waals surface area contributed by atoms with Gasteiger partial charge in [0.15, 0.2) is 0 Å². The van der Waals surface area contributed by atoms with Crippen LogP contribution in [0.15, 0.2) is 6.07 Å². The van der Waals surface area contributed by atoms with Gasteiger partial charge in [-0.25, -0.2) is 0 Å². The summed E-state index contributed by atoms with van der Waals surface area (Å²) in [5, 5.41) is 3.39. The predicted molar refractivity (Wildman–Crippen MR) is 66.0 cm³/mol. The minimum absolute atomic E-state index is 0.233. The minimum Gasteiger partial charge on any atom is -0.383 e. The SMILES string of the molecule is Nc1cc(NC2CCCCCC2)nc(N)n1. The van der Waals surface area contributed by atoms with E-state index in [1.165, 1.54) is 38.5 Å². The monoisotopic (exact) mass is 221 g/mol. The fourth-order valence-electron chi connectivity index (χ4n) is 2.19. The van der Waals surface area contributed by atoms with Gasteiger partial charge in [0.05, 0.1) is 0 Å².